The zero-order valence-electron chi connectivity index (χ0n) is 21.8. The summed E-state index contributed by atoms with van der Waals surface area (Å²) in [5, 5.41) is 2.94. The molecule has 3 aliphatic carbocycles. The number of nitrogens with one attached hydrogen (secondary N) is 1. The number of hydrogen-bond acceptors (Lipinski definition) is 3. The molecule has 1 saturated heterocycles. The number of likely N-dealkylation sites (tertiary alicyclic amines) is 1. The van der Waals surface area contributed by atoms with Crippen molar-refractivity contribution < 1.29 is 14.4 Å². The Morgan fingerprint density at radius 3 is 2.27 bits per heavy atom. The number of hydrogen-bond donors (Lipinski definition) is 1. The van der Waals surface area contributed by atoms with Gasteiger partial charge in [-0.2, -0.15) is 0 Å². The van der Waals surface area contributed by atoms with Crippen molar-refractivity contribution in [2.45, 2.75) is 111 Å². The van der Waals surface area contributed by atoms with Crippen molar-refractivity contribution in [3.63, 3.8) is 0 Å². The number of carbonyl (C=O) groups excluding carboxylic acids is 3. The van der Waals surface area contributed by atoms with Crippen LogP contribution in [0.5, 0.6) is 0 Å². The second-order valence-corrected chi connectivity index (χ2v) is 12.6. The zero-order chi connectivity index (χ0) is 24.3. The maximum Gasteiger partial charge on any atom is 0.324 e. The maximum atomic E-state index is 13.8. The number of amides is 4. The predicted molar refractivity (Wildman–Crippen MR) is 129 cm³/mol. The molecule has 4 amide bonds. The highest BCUT2D eigenvalue weighted by molar-refractivity contribution is 5.96. The molecule has 0 spiro atoms. The Balaban J connectivity index is 1.56. The van der Waals surface area contributed by atoms with Crippen LogP contribution in [0, 0.1) is 34.5 Å². The van der Waals surface area contributed by atoms with Gasteiger partial charge in [-0.05, 0) is 101 Å². The van der Waals surface area contributed by atoms with Gasteiger partial charge in [0.2, 0.25) is 11.8 Å². The van der Waals surface area contributed by atoms with Gasteiger partial charge in [0.25, 0.3) is 0 Å². The van der Waals surface area contributed by atoms with Crippen LogP contribution in [0.2, 0.25) is 0 Å². The number of fused-ring (bicyclic) bond motifs is 5. The molecule has 0 aromatic rings. The van der Waals surface area contributed by atoms with Crippen LogP contribution in [0.15, 0.2) is 0 Å². The van der Waals surface area contributed by atoms with E-state index in [1.807, 2.05) is 39.6 Å². The Bertz CT molecular complexity index is 810. The largest absolute Gasteiger partial charge is 0.342 e. The number of nitrogens with zero attached hydrogens (tertiary/aromatic N) is 2. The molecule has 0 aromatic carbocycles. The van der Waals surface area contributed by atoms with Crippen LogP contribution in [0.4, 0.5) is 4.79 Å². The summed E-state index contributed by atoms with van der Waals surface area (Å²) < 4.78 is 0. The lowest BCUT2D eigenvalue weighted by atomic mass is 9.47. The molecule has 1 aliphatic heterocycles. The van der Waals surface area contributed by atoms with Gasteiger partial charge in [0.15, 0.2) is 0 Å². The second kappa shape index (κ2) is 8.57. The van der Waals surface area contributed by atoms with Gasteiger partial charge in [0, 0.05) is 37.5 Å². The topological polar surface area (TPSA) is 69.7 Å². The van der Waals surface area contributed by atoms with Crippen molar-refractivity contribution in [2.24, 2.45) is 34.5 Å². The fourth-order valence-corrected chi connectivity index (χ4v) is 8.63. The highest BCUT2D eigenvalue weighted by Gasteiger charge is 2.62. The van der Waals surface area contributed by atoms with Gasteiger partial charge in [-0.3, -0.25) is 14.5 Å². The Morgan fingerprint density at radius 1 is 0.970 bits per heavy atom. The summed E-state index contributed by atoms with van der Waals surface area (Å²) in [6.07, 6.45) is 8.07. The third-order valence-electron chi connectivity index (χ3n) is 10.2. The SMILES string of the molecule is CC(C)NC(=O)N(C(=O)[C@H]1CC[C@H]2[C@@H]3CC[C@H]4N(C)C(=O)CC[C@]4(C)[C@H]3CC[C@]12C)C(C)C. The zero-order valence-corrected chi connectivity index (χ0v) is 21.8. The first kappa shape index (κ1) is 24.5. The van der Waals surface area contributed by atoms with Gasteiger partial charge in [0.05, 0.1) is 0 Å². The summed E-state index contributed by atoms with van der Waals surface area (Å²) in [5.41, 5.74) is 0.152. The Labute approximate surface area is 200 Å². The van der Waals surface area contributed by atoms with Gasteiger partial charge < -0.3 is 10.2 Å². The molecule has 4 aliphatic rings. The van der Waals surface area contributed by atoms with E-state index in [9.17, 15) is 14.4 Å². The van der Waals surface area contributed by atoms with Crippen LogP contribution >= 0.6 is 0 Å². The molecule has 1 heterocycles. The minimum absolute atomic E-state index is 0.00494. The average molecular weight is 460 g/mol. The molecule has 4 fully saturated rings. The lowest BCUT2D eigenvalue weighted by molar-refractivity contribution is -0.161. The van der Waals surface area contributed by atoms with Crippen molar-refractivity contribution >= 4 is 17.8 Å². The summed E-state index contributed by atoms with van der Waals surface area (Å²) in [7, 11) is 2.00. The summed E-state index contributed by atoms with van der Waals surface area (Å²) >= 11 is 0. The lowest BCUT2D eigenvalue weighted by Gasteiger charge is -2.61. The van der Waals surface area contributed by atoms with Crippen LogP contribution in [0.1, 0.15) is 92.9 Å². The summed E-state index contributed by atoms with van der Waals surface area (Å²) in [4.78, 5) is 42.7. The molecular formula is C27H45N3O3. The smallest absolute Gasteiger partial charge is 0.324 e. The molecule has 0 radical (unpaired) electrons. The average Bonchev–Trinajstić information content (AvgIpc) is 3.07. The van der Waals surface area contributed by atoms with E-state index < -0.39 is 0 Å². The monoisotopic (exact) mass is 459 g/mol. The van der Waals surface area contributed by atoms with Gasteiger partial charge in [-0.25, -0.2) is 4.79 Å². The highest BCUT2D eigenvalue weighted by Crippen LogP contribution is 2.66. The summed E-state index contributed by atoms with van der Waals surface area (Å²) in [5.74, 6) is 2.04. The molecule has 6 heteroatoms. The van der Waals surface area contributed by atoms with E-state index in [4.69, 9.17) is 0 Å². The third-order valence-corrected chi connectivity index (χ3v) is 10.2. The van der Waals surface area contributed by atoms with E-state index in [0.717, 1.165) is 44.9 Å². The van der Waals surface area contributed by atoms with Crippen LogP contribution in [0.25, 0.3) is 0 Å². The molecule has 6 nitrogen and oxygen atoms in total. The van der Waals surface area contributed by atoms with Crippen LogP contribution < -0.4 is 5.32 Å². The highest BCUT2D eigenvalue weighted by atomic mass is 16.2. The van der Waals surface area contributed by atoms with E-state index in [-0.39, 0.29) is 40.8 Å². The van der Waals surface area contributed by atoms with Crippen molar-refractivity contribution in [1.29, 1.82) is 0 Å². The fraction of sp³-hybridized carbons (Fsp3) is 0.889. The first-order valence-corrected chi connectivity index (χ1v) is 13.3. The molecule has 1 N–H and O–H groups in total. The Hall–Kier alpha value is -1.59. The number of piperidine rings is 1. The minimum atomic E-state index is -0.256. The molecule has 3 saturated carbocycles. The second-order valence-electron chi connectivity index (χ2n) is 12.6. The lowest BCUT2D eigenvalue weighted by Crippen LogP contribution is -2.61. The Morgan fingerprint density at radius 2 is 1.64 bits per heavy atom. The van der Waals surface area contributed by atoms with Gasteiger partial charge in [0.1, 0.15) is 0 Å². The molecule has 0 unspecified atom stereocenters. The molecule has 33 heavy (non-hydrogen) atoms. The van der Waals surface area contributed by atoms with Crippen LogP contribution in [0.3, 0.4) is 0 Å². The fourth-order valence-electron chi connectivity index (χ4n) is 8.63. The van der Waals surface area contributed by atoms with Crippen LogP contribution in [-0.2, 0) is 9.59 Å². The van der Waals surface area contributed by atoms with E-state index in [2.05, 4.69) is 19.2 Å². The molecule has 7 atom stereocenters. The first-order chi connectivity index (χ1) is 15.4. The summed E-state index contributed by atoms with van der Waals surface area (Å²) in [6, 6.07) is -0.0433. The van der Waals surface area contributed by atoms with Crippen LogP contribution in [-0.4, -0.2) is 52.8 Å². The standard InChI is InChI=1S/C27H45N3O3/c1-16(2)28-25(33)30(17(3)4)24(32)21-10-9-19-18-8-11-22-27(6,15-13-23(31)29(22)7)20(18)12-14-26(19,21)5/h16-22H,8-15H2,1-7H3,(H,28,33)/t18-,19-,20-,21+,22+,26-,27+/m0/s1. The van der Waals surface area contributed by atoms with Gasteiger partial charge in [-0.15, -0.1) is 0 Å². The maximum absolute atomic E-state index is 13.8. The van der Waals surface area contributed by atoms with E-state index in [0.29, 0.717) is 36.1 Å². The third kappa shape index (κ3) is 3.80. The molecular weight excluding hydrogens is 414 g/mol. The van der Waals surface area contributed by atoms with E-state index in [1.54, 1.807) is 0 Å². The molecule has 0 aromatic heterocycles. The van der Waals surface area contributed by atoms with Crippen molar-refractivity contribution in [3.05, 3.63) is 0 Å². The number of urea groups is 1. The van der Waals surface area contributed by atoms with E-state index >= 15 is 0 Å². The normalized spacial score (nSPS) is 40.3. The minimum Gasteiger partial charge on any atom is -0.342 e. The molecule has 4 rings (SSSR count). The number of carbonyl (C=O) groups is 3. The Kier molecular flexibility index (Phi) is 6.37. The number of imide groups is 1. The number of rotatable bonds is 3. The molecule has 186 valence electrons. The van der Waals surface area contributed by atoms with Crippen molar-refractivity contribution in [1.82, 2.24) is 15.1 Å². The molecule has 0 bridgehead atoms. The van der Waals surface area contributed by atoms with Gasteiger partial charge >= 0.3 is 6.03 Å². The predicted octanol–water partition coefficient (Wildman–Crippen LogP) is 4.82. The van der Waals surface area contributed by atoms with Gasteiger partial charge in [-0.1, -0.05) is 13.8 Å². The summed E-state index contributed by atoms with van der Waals surface area (Å²) in [6.45, 7) is 12.5. The van der Waals surface area contributed by atoms with Crippen molar-refractivity contribution in [2.75, 3.05) is 7.05 Å². The van der Waals surface area contributed by atoms with E-state index in [1.165, 1.54) is 4.90 Å². The quantitative estimate of drug-likeness (QED) is 0.658. The van der Waals surface area contributed by atoms with Crippen molar-refractivity contribution in [3.8, 4) is 0 Å². The first-order valence-electron chi connectivity index (χ1n) is 13.3.